The van der Waals surface area contributed by atoms with Crippen LogP contribution in [0.4, 0.5) is 5.69 Å². The zero-order valence-electron chi connectivity index (χ0n) is 10.5. The van der Waals surface area contributed by atoms with Gasteiger partial charge in [-0.1, -0.05) is 23.8 Å². The average molecular weight is 316 g/mol. The Morgan fingerprint density at radius 3 is 2.85 bits per heavy atom. The Morgan fingerprint density at radius 2 is 2.15 bits per heavy atom. The van der Waals surface area contributed by atoms with E-state index in [-0.39, 0.29) is 28.8 Å². The van der Waals surface area contributed by atoms with Crippen LogP contribution in [0.1, 0.15) is 5.56 Å². The van der Waals surface area contributed by atoms with Gasteiger partial charge in [-0.25, -0.2) is 13.1 Å². The fraction of sp³-hybridized carbons (Fsp3) is 0.250. The van der Waals surface area contributed by atoms with Crippen molar-refractivity contribution in [2.24, 2.45) is 5.73 Å². The Kier molecular flexibility index (Phi) is 4.44. The normalized spacial score (nSPS) is 14.6. The third kappa shape index (κ3) is 3.18. The highest BCUT2D eigenvalue weighted by molar-refractivity contribution is 7.89. The van der Waals surface area contributed by atoms with Crippen LogP contribution in [0.5, 0.6) is 0 Å². The Morgan fingerprint density at radius 1 is 1.40 bits per heavy atom. The van der Waals surface area contributed by atoms with E-state index in [1.807, 2.05) is 0 Å². The van der Waals surface area contributed by atoms with Gasteiger partial charge in [-0.15, -0.1) is 0 Å². The number of sulfonamides is 1. The van der Waals surface area contributed by atoms with Gasteiger partial charge >= 0.3 is 0 Å². The number of nitrogens with one attached hydrogen (secondary N) is 2. The van der Waals surface area contributed by atoms with Crippen LogP contribution in [-0.2, 0) is 21.2 Å². The lowest BCUT2D eigenvalue weighted by molar-refractivity contribution is -0.115. The summed E-state index contributed by atoms with van der Waals surface area (Å²) in [6, 6.07) is 2.87. The van der Waals surface area contributed by atoms with E-state index in [0.29, 0.717) is 17.8 Å². The second-order valence-corrected chi connectivity index (χ2v) is 6.37. The Labute approximate surface area is 122 Å². The molecule has 0 saturated carbocycles. The summed E-state index contributed by atoms with van der Waals surface area (Å²) in [7, 11) is -3.72. The van der Waals surface area contributed by atoms with Crippen molar-refractivity contribution < 1.29 is 13.2 Å². The van der Waals surface area contributed by atoms with E-state index in [9.17, 15) is 13.2 Å². The Bertz CT molecular complexity index is 671. The molecular formula is C12H14ClN3O3S. The van der Waals surface area contributed by atoms with Crippen LogP contribution in [0.3, 0.4) is 0 Å². The van der Waals surface area contributed by atoms with Gasteiger partial charge in [-0.3, -0.25) is 4.79 Å². The lowest BCUT2D eigenvalue weighted by Crippen LogP contribution is -2.24. The highest BCUT2D eigenvalue weighted by atomic mass is 35.5. The minimum absolute atomic E-state index is 0.0319. The SMILES string of the molecule is NC/C=C/CNS(=O)(=O)c1cc2c(cc1Cl)NC(=O)C2. The molecule has 1 aromatic rings. The molecule has 0 atom stereocenters. The zero-order valence-corrected chi connectivity index (χ0v) is 12.1. The number of carbonyl (C=O) groups is 1. The molecular weight excluding hydrogens is 302 g/mol. The summed E-state index contributed by atoms with van der Waals surface area (Å²) in [4.78, 5) is 11.2. The minimum atomic E-state index is -3.72. The van der Waals surface area contributed by atoms with E-state index in [2.05, 4.69) is 10.0 Å². The number of hydrogen-bond donors (Lipinski definition) is 3. The lowest BCUT2D eigenvalue weighted by atomic mass is 10.2. The summed E-state index contributed by atoms with van der Waals surface area (Å²) in [6.45, 7) is 0.471. The molecule has 20 heavy (non-hydrogen) atoms. The first kappa shape index (κ1) is 15.0. The van der Waals surface area contributed by atoms with Crippen LogP contribution in [0.15, 0.2) is 29.2 Å². The molecule has 4 N–H and O–H groups in total. The number of anilines is 1. The fourth-order valence-electron chi connectivity index (χ4n) is 1.85. The van der Waals surface area contributed by atoms with Gasteiger partial charge in [0, 0.05) is 18.8 Å². The Balaban J connectivity index is 2.26. The molecule has 1 aliphatic heterocycles. The molecule has 0 radical (unpaired) electrons. The molecule has 0 bridgehead atoms. The van der Waals surface area contributed by atoms with Gasteiger partial charge in [0.25, 0.3) is 0 Å². The van der Waals surface area contributed by atoms with E-state index >= 15 is 0 Å². The van der Waals surface area contributed by atoms with Crippen LogP contribution in [0.2, 0.25) is 5.02 Å². The average Bonchev–Trinajstić information content (AvgIpc) is 2.73. The summed E-state index contributed by atoms with van der Waals surface area (Å²) in [5, 5.41) is 2.68. The van der Waals surface area contributed by atoms with Gasteiger partial charge in [0.1, 0.15) is 4.90 Å². The van der Waals surface area contributed by atoms with Crippen molar-refractivity contribution in [3.63, 3.8) is 0 Å². The third-order valence-electron chi connectivity index (χ3n) is 2.77. The van der Waals surface area contributed by atoms with Crippen molar-refractivity contribution in [2.75, 3.05) is 18.4 Å². The number of benzene rings is 1. The van der Waals surface area contributed by atoms with Gasteiger partial charge in [0.05, 0.1) is 11.4 Å². The Hall–Kier alpha value is -1.41. The van der Waals surface area contributed by atoms with E-state index < -0.39 is 10.0 Å². The number of amides is 1. The predicted molar refractivity (Wildman–Crippen MR) is 77.2 cm³/mol. The standard InChI is InChI=1S/C12H14ClN3O3S/c13-9-7-10-8(6-12(17)16-10)5-11(9)20(18,19)15-4-2-1-3-14/h1-2,5,7,15H,3-4,6,14H2,(H,16,17)/b2-1+. The topological polar surface area (TPSA) is 101 Å². The second kappa shape index (κ2) is 5.92. The molecule has 108 valence electrons. The monoisotopic (exact) mass is 315 g/mol. The van der Waals surface area contributed by atoms with Crippen molar-refractivity contribution in [2.45, 2.75) is 11.3 Å². The summed E-state index contributed by atoms with van der Waals surface area (Å²) < 4.78 is 26.7. The zero-order chi connectivity index (χ0) is 14.8. The first-order valence-corrected chi connectivity index (χ1v) is 7.77. The van der Waals surface area contributed by atoms with Gasteiger partial charge in [-0.2, -0.15) is 0 Å². The van der Waals surface area contributed by atoms with Crippen LogP contribution >= 0.6 is 11.6 Å². The van der Waals surface area contributed by atoms with Crippen molar-refractivity contribution in [3.8, 4) is 0 Å². The van der Waals surface area contributed by atoms with Gasteiger partial charge in [0.2, 0.25) is 15.9 Å². The quantitative estimate of drug-likeness (QED) is 0.694. The van der Waals surface area contributed by atoms with Crippen LogP contribution in [-0.4, -0.2) is 27.4 Å². The molecule has 0 unspecified atom stereocenters. The smallest absolute Gasteiger partial charge is 0.242 e. The number of fused-ring (bicyclic) bond motifs is 1. The minimum Gasteiger partial charge on any atom is -0.327 e. The van der Waals surface area contributed by atoms with E-state index in [4.69, 9.17) is 17.3 Å². The molecule has 8 heteroatoms. The number of nitrogens with two attached hydrogens (primary N) is 1. The number of carbonyl (C=O) groups excluding carboxylic acids is 1. The first-order valence-electron chi connectivity index (χ1n) is 5.91. The van der Waals surface area contributed by atoms with Crippen LogP contribution in [0, 0.1) is 0 Å². The number of halogens is 1. The molecule has 0 aromatic heterocycles. The van der Waals surface area contributed by atoms with Gasteiger partial charge in [-0.05, 0) is 17.7 Å². The van der Waals surface area contributed by atoms with E-state index in [0.717, 1.165) is 0 Å². The van der Waals surface area contributed by atoms with Gasteiger partial charge in [0.15, 0.2) is 0 Å². The van der Waals surface area contributed by atoms with Crippen LogP contribution < -0.4 is 15.8 Å². The summed E-state index contributed by atoms with van der Waals surface area (Å²) in [5.74, 6) is -0.176. The molecule has 0 fully saturated rings. The highest BCUT2D eigenvalue weighted by Crippen LogP contribution is 2.32. The summed E-state index contributed by atoms with van der Waals surface area (Å²) in [6.07, 6.45) is 3.42. The molecule has 0 spiro atoms. The second-order valence-electron chi connectivity index (χ2n) is 4.22. The van der Waals surface area contributed by atoms with Crippen molar-refractivity contribution in [3.05, 3.63) is 34.9 Å². The lowest BCUT2D eigenvalue weighted by Gasteiger charge is -2.09. The summed E-state index contributed by atoms with van der Waals surface area (Å²) >= 11 is 5.97. The van der Waals surface area contributed by atoms with Crippen molar-refractivity contribution in [1.82, 2.24) is 4.72 Å². The largest absolute Gasteiger partial charge is 0.327 e. The van der Waals surface area contributed by atoms with E-state index in [1.54, 1.807) is 12.2 Å². The molecule has 0 aliphatic carbocycles. The van der Waals surface area contributed by atoms with Crippen LogP contribution in [0.25, 0.3) is 0 Å². The highest BCUT2D eigenvalue weighted by Gasteiger charge is 2.24. The molecule has 0 saturated heterocycles. The van der Waals surface area contributed by atoms with Crippen molar-refractivity contribution >= 4 is 33.2 Å². The molecule has 2 rings (SSSR count). The summed E-state index contributed by atoms with van der Waals surface area (Å²) in [5.41, 5.74) is 6.44. The molecule has 1 aliphatic rings. The molecule has 1 heterocycles. The van der Waals surface area contributed by atoms with E-state index in [1.165, 1.54) is 12.1 Å². The predicted octanol–water partition coefficient (Wildman–Crippen LogP) is 0.628. The first-order chi connectivity index (χ1) is 9.44. The van der Waals surface area contributed by atoms with Gasteiger partial charge < -0.3 is 11.1 Å². The van der Waals surface area contributed by atoms with Crippen molar-refractivity contribution in [1.29, 1.82) is 0 Å². The number of hydrogen-bond acceptors (Lipinski definition) is 4. The third-order valence-corrected chi connectivity index (χ3v) is 4.65. The molecule has 1 aromatic carbocycles. The number of rotatable bonds is 5. The maximum Gasteiger partial charge on any atom is 0.242 e. The fourth-order valence-corrected chi connectivity index (χ4v) is 3.40. The molecule has 6 nitrogen and oxygen atoms in total. The maximum atomic E-state index is 12.1. The maximum absolute atomic E-state index is 12.1. The molecule has 1 amide bonds.